The molecule has 0 aromatic heterocycles. The van der Waals surface area contributed by atoms with Gasteiger partial charge in [-0.2, -0.15) is 13.2 Å². The van der Waals surface area contributed by atoms with Crippen LogP contribution in [-0.2, 0) is 12.9 Å². The molecule has 0 spiro atoms. The van der Waals surface area contributed by atoms with E-state index < -0.39 is 18.4 Å². The molecule has 0 amide bonds. The van der Waals surface area contributed by atoms with Crippen molar-refractivity contribution >= 4 is 43.1 Å². The van der Waals surface area contributed by atoms with Crippen LogP contribution in [0.5, 0.6) is 0 Å². The molecule has 0 nitrogen and oxygen atoms in total. The van der Waals surface area contributed by atoms with Crippen molar-refractivity contribution in [2.45, 2.75) is 12.9 Å². The van der Waals surface area contributed by atoms with Gasteiger partial charge in [-0.3, -0.25) is 0 Å². The van der Waals surface area contributed by atoms with Gasteiger partial charge in [-0.1, -0.05) is 48.5 Å². The van der Waals surface area contributed by atoms with E-state index in [-0.39, 0.29) is 10.8 Å². The van der Waals surface area contributed by atoms with Crippen molar-refractivity contribution in [1.29, 1.82) is 0 Å². The molecule has 0 heterocycles. The third-order valence-electron chi connectivity index (χ3n) is 5.38. The Labute approximate surface area is 158 Å². The van der Waals surface area contributed by atoms with Gasteiger partial charge in [0.25, 0.3) is 0 Å². The van der Waals surface area contributed by atoms with E-state index in [4.69, 9.17) is 0 Å². The lowest BCUT2D eigenvalue weighted by atomic mass is 9.88. The maximum Gasteiger partial charge on any atom is 0.417 e. The highest BCUT2D eigenvalue weighted by molar-refractivity contribution is 6.13. The highest BCUT2D eigenvalue weighted by Crippen LogP contribution is 2.44. The monoisotopic (exact) mass is 378 g/mol. The Kier molecular flexibility index (Phi) is 3.60. The number of hydrogen-bond acceptors (Lipinski definition) is 0. The van der Waals surface area contributed by atoms with Crippen LogP contribution in [0.15, 0.2) is 72.8 Å². The van der Waals surface area contributed by atoms with Crippen molar-refractivity contribution in [1.82, 2.24) is 0 Å². The van der Waals surface area contributed by atoms with Crippen LogP contribution in [0.1, 0.15) is 11.1 Å². The molecule has 0 saturated heterocycles. The van der Waals surface area contributed by atoms with E-state index in [0.717, 1.165) is 10.8 Å². The number of fused-ring (bicyclic) bond motifs is 4. The lowest BCUT2D eigenvalue weighted by molar-refractivity contribution is -0.135. The first-order valence-electron chi connectivity index (χ1n) is 8.90. The Bertz CT molecular complexity index is 1280. The third kappa shape index (κ3) is 2.44. The SMILES string of the molecule is FCc1c2cc3ccccc3cc2c(C(F)(F)F)c2cc3ccccc3cc12. The second kappa shape index (κ2) is 5.93. The second-order valence-electron chi connectivity index (χ2n) is 6.97. The predicted molar refractivity (Wildman–Crippen MR) is 106 cm³/mol. The zero-order chi connectivity index (χ0) is 19.5. The highest BCUT2D eigenvalue weighted by Gasteiger charge is 2.36. The van der Waals surface area contributed by atoms with E-state index in [1.54, 1.807) is 36.4 Å². The van der Waals surface area contributed by atoms with Gasteiger partial charge in [0.05, 0.1) is 5.56 Å². The first-order chi connectivity index (χ1) is 13.5. The minimum Gasteiger partial charge on any atom is -0.246 e. The summed E-state index contributed by atoms with van der Waals surface area (Å²) in [6, 6.07) is 20.8. The molecule has 5 aromatic carbocycles. The van der Waals surface area contributed by atoms with Gasteiger partial charge in [-0.15, -0.1) is 0 Å². The average Bonchev–Trinajstić information content (AvgIpc) is 2.68. The summed E-state index contributed by atoms with van der Waals surface area (Å²) >= 11 is 0. The second-order valence-corrected chi connectivity index (χ2v) is 6.97. The Hall–Kier alpha value is -3.14. The topological polar surface area (TPSA) is 0 Å². The molecule has 28 heavy (non-hydrogen) atoms. The van der Waals surface area contributed by atoms with Gasteiger partial charge >= 0.3 is 6.18 Å². The molecule has 0 aliphatic rings. The Morgan fingerprint density at radius 1 is 0.571 bits per heavy atom. The first kappa shape index (κ1) is 17.0. The number of benzene rings is 5. The van der Waals surface area contributed by atoms with E-state index in [0.29, 0.717) is 27.1 Å². The minimum absolute atomic E-state index is 0.0432. The number of alkyl halides is 4. The quantitative estimate of drug-likeness (QED) is 0.206. The van der Waals surface area contributed by atoms with E-state index in [2.05, 4.69) is 0 Å². The lowest BCUT2D eigenvalue weighted by Gasteiger charge is -2.19. The summed E-state index contributed by atoms with van der Waals surface area (Å²) in [7, 11) is 0. The summed E-state index contributed by atoms with van der Waals surface area (Å²) < 4.78 is 56.7. The van der Waals surface area contributed by atoms with Gasteiger partial charge in [-0.25, -0.2) is 4.39 Å². The molecule has 138 valence electrons. The average molecular weight is 378 g/mol. The van der Waals surface area contributed by atoms with Crippen molar-refractivity contribution in [2.75, 3.05) is 0 Å². The van der Waals surface area contributed by atoms with Gasteiger partial charge in [-0.05, 0) is 72.9 Å². The molecule has 5 rings (SSSR count). The molecule has 4 heteroatoms. The largest absolute Gasteiger partial charge is 0.417 e. The Balaban J connectivity index is 2.10. The van der Waals surface area contributed by atoms with Crippen molar-refractivity contribution in [2.24, 2.45) is 0 Å². The summed E-state index contributed by atoms with van der Waals surface area (Å²) in [6.07, 6.45) is -4.56. The molecule has 0 fully saturated rings. The van der Waals surface area contributed by atoms with Crippen molar-refractivity contribution in [3.05, 3.63) is 83.9 Å². The van der Waals surface area contributed by atoms with E-state index >= 15 is 0 Å². The van der Waals surface area contributed by atoms with Crippen molar-refractivity contribution < 1.29 is 17.6 Å². The molecule has 0 aliphatic carbocycles. The fourth-order valence-corrected chi connectivity index (χ4v) is 4.13. The van der Waals surface area contributed by atoms with Gasteiger partial charge < -0.3 is 0 Å². The van der Waals surface area contributed by atoms with E-state index in [9.17, 15) is 17.6 Å². The smallest absolute Gasteiger partial charge is 0.246 e. The maximum atomic E-state index is 14.2. The van der Waals surface area contributed by atoms with Crippen LogP contribution in [0.25, 0.3) is 43.1 Å². The molecule has 0 saturated carbocycles. The van der Waals surface area contributed by atoms with Crippen LogP contribution in [-0.4, -0.2) is 0 Å². The molecular weight excluding hydrogens is 364 g/mol. The summed E-state index contributed by atoms with van der Waals surface area (Å²) in [5.41, 5.74) is -0.402. The normalized spacial score (nSPS) is 12.4. The molecule has 5 aromatic rings. The lowest BCUT2D eigenvalue weighted by Crippen LogP contribution is -2.08. The van der Waals surface area contributed by atoms with Crippen LogP contribution >= 0.6 is 0 Å². The van der Waals surface area contributed by atoms with Gasteiger partial charge in [0, 0.05) is 0 Å². The van der Waals surface area contributed by atoms with Crippen molar-refractivity contribution in [3.63, 3.8) is 0 Å². The zero-order valence-electron chi connectivity index (χ0n) is 14.6. The van der Waals surface area contributed by atoms with Crippen LogP contribution in [0.3, 0.4) is 0 Å². The number of halogens is 4. The number of hydrogen-bond donors (Lipinski definition) is 0. The van der Waals surface area contributed by atoms with Gasteiger partial charge in [0.1, 0.15) is 6.67 Å². The minimum atomic E-state index is -4.56. The summed E-state index contributed by atoms with van der Waals surface area (Å²) in [5, 5.41) is 3.70. The maximum absolute atomic E-state index is 14.2. The molecule has 0 radical (unpaired) electrons. The Morgan fingerprint density at radius 2 is 0.929 bits per heavy atom. The molecular formula is C24H14F4. The fraction of sp³-hybridized carbons (Fsp3) is 0.0833. The van der Waals surface area contributed by atoms with Crippen molar-refractivity contribution in [3.8, 4) is 0 Å². The highest BCUT2D eigenvalue weighted by atomic mass is 19.4. The number of rotatable bonds is 1. The fourth-order valence-electron chi connectivity index (χ4n) is 4.13. The van der Waals surface area contributed by atoms with Crippen LogP contribution in [0.2, 0.25) is 0 Å². The molecule has 0 bridgehead atoms. The van der Waals surface area contributed by atoms with E-state index in [1.807, 2.05) is 24.3 Å². The Morgan fingerprint density at radius 3 is 1.25 bits per heavy atom. The summed E-state index contributed by atoms with van der Waals surface area (Å²) in [4.78, 5) is 0. The molecule has 0 atom stereocenters. The summed E-state index contributed by atoms with van der Waals surface area (Å²) in [5.74, 6) is 0. The zero-order valence-corrected chi connectivity index (χ0v) is 14.6. The first-order valence-corrected chi connectivity index (χ1v) is 8.90. The summed E-state index contributed by atoms with van der Waals surface area (Å²) in [6.45, 7) is -0.832. The standard InChI is InChI=1S/C24H14F4/c25-13-22-18-9-14-5-1-3-7-16(14)11-20(18)23(24(26,27)28)21-12-17-8-4-2-6-15(17)10-19(21)22/h1-12H,13H2. The van der Waals surface area contributed by atoms with Gasteiger partial charge in [0.15, 0.2) is 0 Å². The predicted octanol–water partition coefficient (Wildman–Crippen LogP) is 7.79. The molecule has 0 unspecified atom stereocenters. The third-order valence-corrected chi connectivity index (χ3v) is 5.38. The van der Waals surface area contributed by atoms with Crippen LogP contribution in [0.4, 0.5) is 17.6 Å². The van der Waals surface area contributed by atoms with E-state index in [1.165, 1.54) is 12.1 Å². The van der Waals surface area contributed by atoms with Crippen LogP contribution < -0.4 is 0 Å². The van der Waals surface area contributed by atoms with Crippen LogP contribution in [0, 0.1) is 0 Å². The van der Waals surface area contributed by atoms with Gasteiger partial charge in [0.2, 0.25) is 0 Å². The molecule has 0 N–H and O–H groups in total. The molecule has 0 aliphatic heterocycles.